The Kier molecular flexibility index (Phi) is 4.96. The Labute approximate surface area is 151 Å². The molecule has 3 rings (SSSR count). The van der Waals surface area contributed by atoms with Crippen molar-refractivity contribution in [2.45, 2.75) is 45.9 Å². The Morgan fingerprint density at radius 2 is 2.12 bits per heavy atom. The summed E-state index contributed by atoms with van der Waals surface area (Å²) in [5.41, 5.74) is 3.97. The van der Waals surface area contributed by atoms with Crippen LogP contribution >= 0.6 is 0 Å². The Morgan fingerprint density at radius 3 is 2.76 bits per heavy atom. The van der Waals surface area contributed by atoms with Crippen LogP contribution in [0.4, 0.5) is 5.69 Å². The summed E-state index contributed by atoms with van der Waals surface area (Å²) < 4.78 is 5.88. The predicted octanol–water partition coefficient (Wildman–Crippen LogP) is 2.54. The molecule has 1 aromatic rings. The topological polar surface area (TPSA) is 48.9 Å². The van der Waals surface area contributed by atoms with E-state index in [0.29, 0.717) is 18.1 Å². The molecule has 5 heteroatoms. The van der Waals surface area contributed by atoms with Crippen molar-refractivity contribution in [3.05, 3.63) is 29.3 Å². The van der Waals surface area contributed by atoms with Gasteiger partial charge in [-0.1, -0.05) is 19.9 Å². The van der Waals surface area contributed by atoms with E-state index in [1.54, 1.807) is 0 Å². The summed E-state index contributed by atoms with van der Waals surface area (Å²) in [5.74, 6) is 1.48. The van der Waals surface area contributed by atoms with E-state index in [4.69, 9.17) is 4.74 Å². The van der Waals surface area contributed by atoms with Crippen LogP contribution in [0.15, 0.2) is 23.2 Å². The van der Waals surface area contributed by atoms with Gasteiger partial charge in [0.1, 0.15) is 0 Å². The van der Waals surface area contributed by atoms with Gasteiger partial charge < -0.3 is 20.3 Å². The number of aryl methyl sites for hydroxylation is 1. The summed E-state index contributed by atoms with van der Waals surface area (Å²) in [4.78, 5) is 6.55. The molecule has 2 fully saturated rings. The van der Waals surface area contributed by atoms with Gasteiger partial charge in [-0.2, -0.15) is 0 Å². The van der Waals surface area contributed by atoms with Crippen molar-refractivity contribution >= 4 is 11.6 Å². The third kappa shape index (κ3) is 3.34. The molecule has 0 aromatic heterocycles. The van der Waals surface area contributed by atoms with Gasteiger partial charge in [-0.15, -0.1) is 0 Å². The lowest BCUT2D eigenvalue weighted by Crippen LogP contribution is -2.67. The quantitative estimate of drug-likeness (QED) is 0.651. The largest absolute Gasteiger partial charge is 0.378 e. The van der Waals surface area contributed by atoms with Gasteiger partial charge in [0, 0.05) is 57.4 Å². The lowest BCUT2D eigenvalue weighted by Gasteiger charge is -2.54. The van der Waals surface area contributed by atoms with Crippen LogP contribution in [-0.2, 0) is 11.3 Å². The highest BCUT2D eigenvalue weighted by Crippen LogP contribution is 2.52. The van der Waals surface area contributed by atoms with Crippen molar-refractivity contribution in [2.75, 3.05) is 32.6 Å². The fourth-order valence-electron chi connectivity index (χ4n) is 4.29. The molecular weight excluding hydrogens is 312 g/mol. The maximum atomic E-state index is 5.88. The molecule has 1 saturated carbocycles. The summed E-state index contributed by atoms with van der Waals surface area (Å²) >= 11 is 0. The van der Waals surface area contributed by atoms with Crippen LogP contribution in [-0.4, -0.2) is 45.9 Å². The van der Waals surface area contributed by atoms with Gasteiger partial charge in [0.05, 0.1) is 6.10 Å². The lowest BCUT2D eigenvalue weighted by molar-refractivity contribution is -0.106. The van der Waals surface area contributed by atoms with E-state index in [1.165, 1.54) is 16.8 Å². The third-order valence-electron chi connectivity index (χ3n) is 5.91. The molecule has 3 atom stereocenters. The number of nitrogens with zero attached hydrogens (tertiary/aromatic N) is 2. The van der Waals surface area contributed by atoms with Crippen LogP contribution in [0.2, 0.25) is 0 Å². The molecule has 3 unspecified atom stereocenters. The molecule has 1 saturated heterocycles. The van der Waals surface area contributed by atoms with E-state index in [-0.39, 0.29) is 5.41 Å². The average molecular weight is 345 g/mol. The first-order valence-corrected chi connectivity index (χ1v) is 9.20. The second kappa shape index (κ2) is 6.87. The third-order valence-corrected chi connectivity index (χ3v) is 5.91. The van der Waals surface area contributed by atoms with Gasteiger partial charge in [-0.3, -0.25) is 4.99 Å². The maximum absolute atomic E-state index is 5.88. The summed E-state index contributed by atoms with van der Waals surface area (Å²) in [5, 5.41) is 7.11. The lowest BCUT2D eigenvalue weighted by atomic mass is 9.57. The van der Waals surface area contributed by atoms with Crippen LogP contribution < -0.4 is 15.5 Å². The first kappa shape index (κ1) is 18.1. The summed E-state index contributed by atoms with van der Waals surface area (Å²) in [7, 11) is 5.98. The van der Waals surface area contributed by atoms with Gasteiger partial charge in [0.2, 0.25) is 0 Å². The first-order valence-electron chi connectivity index (χ1n) is 9.20. The first-order chi connectivity index (χ1) is 11.8. The van der Waals surface area contributed by atoms with Crippen molar-refractivity contribution in [1.82, 2.24) is 10.6 Å². The van der Waals surface area contributed by atoms with Crippen LogP contribution in [0.5, 0.6) is 0 Å². The molecule has 0 amide bonds. The van der Waals surface area contributed by atoms with E-state index < -0.39 is 0 Å². The number of anilines is 1. The normalized spacial score (nSPS) is 27.4. The molecule has 0 bridgehead atoms. The number of rotatable bonds is 4. The highest BCUT2D eigenvalue weighted by atomic mass is 16.5. The molecule has 2 aliphatic rings. The zero-order valence-corrected chi connectivity index (χ0v) is 16.4. The van der Waals surface area contributed by atoms with Gasteiger partial charge in [-0.25, -0.2) is 0 Å². The molecule has 0 spiro atoms. The van der Waals surface area contributed by atoms with Gasteiger partial charge in [-0.05, 0) is 36.6 Å². The predicted molar refractivity (Wildman–Crippen MR) is 104 cm³/mol. The standard InChI is InChI=1S/C20H32N4O/c1-13-11-15(24(5)6)8-7-14(13)12-22-19(21-4)23-17-16-9-10-25-18(16)20(17,2)3/h7-8,11,16-18H,9-10,12H2,1-6H3,(H2,21,22,23). The Balaban J connectivity index is 1.60. The summed E-state index contributed by atoms with van der Waals surface area (Å²) in [6.07, 6.45) is 1.54. The minimum absolute atomic E-state index is 0.155. The van der Waals surface area contributed by atoms with Crippen molar-refractivity contribution in [1.29, 1.82) is 0 Å². The molecular formula is C20H32N4O. The molecule has 0 radical (unpaired) electrons. The zero-order chi connectivity index (χ0) is 18.2. The van der Waals surface area contributed by atoms with E-state index in [1.807, 2.05) is 7.05 Å². The van der Waals surface area contributed by atoms with Crippen LogP contribution in [0.1, 0.15) is 31.4 Å². The van der Waals surface area contributed by atoms with E-state index in [2.05, 4.69) is 73.6 Å². The monoisotopic (exact) mass is 344 g/mol. The number of benzene rings is 1. The molecule has 1 aliphatic heterocycles. The van der Waals surface area contributed by atoms with E-state index in [9.17, 15) is 0 Å². The second-order valence-electron chi connectivity index (χ2n) is 8.12. The van der Waals surface area contributed by atoms with Crippen LogP contribution in [0.25, 0.3) is 0 Å². The Morgan fingerprint density at radius 1 is 1.36 bits per heavy atom. The van der Waals surface area contributed by atoms with Gasteiger partial charge in [0.15, 0.2) is 5.96 Å². The number of fused-ring (bicyclic) bond motifs is 1. The molecule has 1 aliphatic carbocycles. The van der Waals surface area contributed by atoms with Crippen molar-refractivity contribution < 1.29 is 4.74 Å². The van der Waals surface area contributed by atoms with Gasteiger partial charge in [0.25, 0.3) is 0 Å². The second-order valence-corrected chi connectivity index (χ2v) is 8.12. The van der Waals surface area contributed by atoms with Crippen LogP contribution in [0, 0.1) is 18.3 Å². The minimum Gasteiger partial charge on any atom is -0.378 e. The zero-order valence-electron chi connectivity index (χ0n) is 16.4. The van der Waals surface area contributed by atoms with Crippen molar-refractivity contribution in [3.8, 4) is 0 Å². The van der Waals surface area contributed by atoms with Crippen LogP contribution in [0.3, 0.4) is 0 Å². The Hall–Kier alpha value is -1.75. The molecule has 2 N–H and O–H groups in total. The smallest absolute Gasteiger partial charge is 0.191 e. The van der Waals surface area contributed by atoms with Crippen molar-refractivity contribution in [3.63, 3.8) is 0 Å². The average Bonchev–Trinajstić information content (AvgIpc) is 3.02. The summed E-state index contributed by atoms with van der Waals surface area (Å²) in [6.45, 7) is 8.40. The molecule has 1 aromatic carbocycles. The Bertz CT molecular complexity index is 653. The molecule has 25 heavy (non-hydrogen) atoms. The number of ether oxygens (including phenoxy) is 1. The number of aliphatic imine (C=N–C) groups is 1. The van der Waals surface area contributed by atoms with E-state index >= 15 is 0 Å². The highest BCUT2D eigenvalue weighted by molar-refractivity contribution is 5.80. The highest BCUT2D eigenvalue weighted by Gasteiger charge is 2.59. The number of hydrogen-bond acceptors (Lipinski definition) is 3. The fourth-order valence-corrected chi connectivity index (χ4v) is 4.29. The van der Waals surface area contributed by atoms with E-state index in [0.717, 1.165) is 25.5 Å². The minimum atomic E-state index is 0.155. The molecule has 1 heterocycles. The number of nitrogens with one attached hydrogen (secondary N) is 2. The number of hydrogen-bond donors (Lipinski definition) is 2. The fraction of sp³-hybridized carbons (Fsp3) is 0.650. The molecule has 138 valence electrons. The van der Waals surface area contributed by atoms with Gasteiger partial charge >= 0.3 is 0 Å². The SMILES string of the molecule is CN=C(NCc1ccc(N(C)C)cc1C)NC1C2CCOC2C1(C)C. The summed E-state index contributed by atoms with van der Waals surface area (Å²) in [6, 6.07) is 7.00. The maximum Gasteiger partial charge on any atom is 0.191 e. The number of guanidine groups is 1. The molecule has 5 nitrogen and oxygen atoms in total. The van der Waals surface area contributed by atoms with Crippen molar-refractivity contribution in [2.24, 2.45) is 16.3 Å².